The minimum Gasteiger partial charge on any atom is -0.288 e. The molecule has 0 aromatic rings. The summed E-state index contributed by atoms with van der Waals surface area (Å²) in [5.74, 6) is 0. The van der Waals surface area contributed by atoms with Crippen molar-refractivity contribution in [2.75, 3.05) is 0 Å². The first kappa shape index (κ1) is 9.19. The van der Waals surface area contributed by atoms with Crippen molar-refractivity contribution in [1.82, 2.24) is 5.06 Å². The number of nitroso groups, excluding NO2 is 1. The van der Waals surface area contributed by atoms with Crippen LogP contribution >= 0.6 is 0 Å². The Kier molecular flexibility index (Phi) is 1.76. The van der Waals surface area contributed by atoms with Crippen LogP contribution in [0.5, 0.6) is 0 Å². The van der Waals surface area contributed by atoms with E-state index in [4.69, 9.17) is 0 Å². The molecule has 0 atom stereocenters. The summed E-state index contributed by atoms with van der Waals surface area (Å²) in [6, 6.07) is 0. The molecule has 12 heavy (non-hydrogen) atoms. The Hall–Kier alpha value is -0.900. The Balaban J connectivity index is 3.16. The highest BCUT2D eigenvalue weighted by Crippen LogP contribution is 2.33. The minimum atomic E-state index is -0.628. The summed E-state index contributed by atoms with van der Waals surface area (Å²) in [4.78, 5) is 11.4. The van der Waals surface area contributed by atoms with Crippen LogP contribution in [0, 0.1) is 4.91 Å². The lowest BCUT2D eigenvalue weighted by atomic mass is 9.81. The molecule has 0 aromatic heterocycles. The number of rotatable bonds is 0. The second kappa shape index (κ2) is 2.29. The maximum atomic E-state index is 11.4. The fourth-order valence-corrected chi connectivity index (χ4v) is 1.05. The lowest BCUT2D eigenvalue weighted by Crippen LogP contribution is -2.61. The summed E-state index contributed by atoms with van der Waals surface area (Å²) in [6.45, 7) is 7.24. The van der Waals surface area contributed by atoms with E-state index in [0.29, 0.717) is 0 Å². The van der Waals surface area contributed by atoms with E-state index in [-0.39, 0.29) is 0 Å². The summed E-state index contributed by atoms with van der Waals surface area (Å²) in [7, 11) is 0. The third-order valence-electron chi connectivity index (χ3n) is 2.96. The molecule has 4 nitrogen and oxygen atoms in total. The third kappa shape index (κ3) is 0.948. The Bertz CT molecular complexity index is 243. The molecule has 0 bridgehead atoms. The minimum absolute atomic E-state index is 0.580. The van der Waals surface area contributed by atoms with Gasteiger partial charge in [-0.1, -0.05) is 0 Å². The summed E-state index contributed by atoms with van der Waals surface area (Å²) in [5.41, 5.74) is -1.21. The standard InChI is InChI=1S/C8H15N2O2/c1-7(2)8(3,4)10(12)6-5-9(7)11/h5-6,11H,1-4H3/q+1. The van der Waals surface area contributed by atoms with Gasteiger partial charge in [0, 0.05) is 23.5 Å². The molecule has 1 aliphatic heterocycles. The van der Waals surface area contributed by atoms with Gasteiger partial charge in [-0.15, -0.1) is 0 Å². The molecule has 1 N–H and O–H groups in total. The Morgan fingerprint density at radius 2 is 1.83 bits per heavy atom. The predicted octanol–water partition coefficient (Wildman–Crippen LogP) is 1.50. The lowest BCUT2D eigenvalue weighted by molar-refractivity contribution is -0.591. The van der Waals surface area contributed by atoms with Crippen molar-refractivity contribution in [3.8, 4) is 0 Å². The largest absolute Gasteiger partial charge is 0.288 e. The average Bonchev–Trinajstić information content (AvgIpc) is 1.96. The van der Waals surface area contributed by atoms with Crippen LogP contribution < -0.4 is 0 Å². The van der Waals surface area contributed by atoms with E-state index >= 15 is 0 Å². The van der Waals surface area contributed by atoms with Gasteiger partial charge in [0.15, 0.2) is 0 Å². The molecule has 68 valence electrons. The smallest absolute Gasteiger partial charge is 0.239 e. The van der Waals surface area contributed by atoms with E-state index in [2.05, 4.69) is 0 Å². The summed E-state index contributed by atoms with van der Waals surface area (Å²) in [5, 5.41) is 10.5. The van der Waals surface area contributed by atoms with Gasteiger partial charge >= 0.3 is 0 Å². The molecular weight excluding hydrogens is 156 g/mol. The van der Waals surface area contributed by atoms with Crippen LogP contribution in [0.3, 0.4) is 0 Å². The Labute approximate surface area is 72.0 Å². The fourth-order valence-electron chi connectivity index (χ4n) is 1.05. The zero-order valence-corrected chi connectivity index (χ0v) is 7.90. The first-order valence-corrected chi connectivity index (χ1v) is 3.93. The first-order valence-electron chi connectivity index (χ1n) is 3.93. The maximum Gasteiger partial charge on any atom is 0.239 e. The SMILES string of the molecule is CC1(C)N(O)C=C[N+](=O)C1(C)C. The molecule has 1 rings (SSSR count). The van der Waals surface area contributed by atoms with E-state index in [0.717, 1.165) is 9.82 Å². The van der Waals surface area contributed by atoms with Crippen LogP contribution in [0.2, 0.25) is 0 Å². The fraction of sp³-hybridized carbons (Fsp3) is 0.750. The van der Waals surface area contributed by atoms with Gasteiger partial charge in [0.1, 0.15) is 5.54 Å². The van der Waals surface area contributed by atoms with E-state index in [1.165, 1.54) is 12.4 Å². The zero-order chi connectivity index (χ0) is 9.57. The predicted molar refractivity (Wildman–Crippen MR) is 44.6 cm³/mol. The molecule has 0 amide bonds. The highest BCUT2D eigenvalue weighted by atomic mass is 16.5. The molecule has 0 aromatic carbocycles. The molecule has 0 saturated heterocycles. The van der Waals surface area contributed by atoms with Gasteiger partial charge in [-0.25, -0.2) is 5.06 Å². The Morgan fingerprint density at radius 3 is 2.25 bits per heavy atom. The summed E-state index contributed by atoms with van der Waals surface area (Å²) in [6.07, 6.45) is 2.70. The van der Waals surface area contributed by atoms with Crippen LogP contribution in [0.1, 0.15) is 27.7 Å². The van der Waals surface area contributed by atoms with Crippen molar-refractivity contribution in [3.05, 3.63) is 17.3 Å². The van der Waals surface area contributed by atoms with E-state index < -0.39 is 11.1 Å². The van der Waals surface area contributed by atoms with Gasteiger partial charge in [-0.3, -0.25) is 5.21 Å². The molecule has 0 fully saturated rings. The number of hydrogen-bond acceptors (Lipinski definition) is 3. The van der Waals surface area contributed by atoms with Crippen LogP contribution in [-0.4, -0.2) is 26.1 Å². The summed E-state index contributed by atoms with van der Waals surface area (Å²) < 4.78 is 0.861. The molecule has 4 heteroatoms. The number of hydrogen-bond donors (Lipinski definition) is 1. The van der Waals surface area contributed by atoms with Gasteiger partial charge in [0.2, 0.25) is 11.7 Å². The van der Waals surface area contributed by atoms with Gasteiger partial charge in [0.05, 0.1) is 6.20 Å². The van der Waals surface area contributed by atoms with Gasteiger partial charge in [0.25, 0.3) is 0 Å². The van der Waals surface area contributed by atoms with Crippen molar-refractivity contribution < 1.29 is 9.97 Å². The van der Waals surface area contributed by atoms with Gasteiger partial charge < -0.3 is 0 Å². The molecule has 1 aliphatic rings. The quantitative estimate of drug-likeness (QED) is 0.562. The molecule has 0 aliphatic carbocycles. The van der Waals surface area contributed by atoms with E-state index in [9.17, 15) is 10.1 Å². The number of nitrogens with zero attached hydrogens (tertiary/aromatic N) is 2. The topological polar surface area (TPSA) is 43.5 Å². The Morgan fingerprint density at radius 1 is 1.33 bits per heavy atom. The van der Waals surface area contributed by atoms with Crippen molar-refractivity contribution >= 4 is 0 Å². The van der Waals surface area contributed by atoms with Crippen molar-refractivity contribution in [2.45, 2.75) is 38.8 Å². The highest BCUT2D eigenvalue weighted by Gasteiger charge is 2.54. The van der Waals surface area contributed by atoms with Crippen molar-refractivity contribution in [3.63, 3.8) is 0 Å². The average molecular weight is 171 g/mol. The lowest BCUT2D eigenvalue weighted by Gasteiger charge is -2.40. The zero-order valence-electron chi connectivity index (χ0n) is 7.90. The van der Waals surface area contributed by atoms with E-state index in [1.54, 1.807) is 13.8 Å². The van der Waals surface area contributed by atoms with Crippen LogP contribution in [0.15, 0.2) is 12.4 Å². The monoisotopic (exact) mass is 171 g/mol. The van der Waals surface area contributed by atoms with Crippen LogP contribution in [0.25, 0.3) is 0 Å². The van der Waals surface area contributed by atoms with Crippen LogP contribution in [-0.2, 0) is 0 Å². The maximum absolute atomic E-state index is 11.4. The molecular formula is C8H15N2O2+. The van der Waals surface area contributed by atoms with E-state index in [1.807, 2.05) is 13.8 Å². The number of hydroxylamine groups is 2. The molecule has 0 unspecified atom stereocenters. The molecule has 0 radical (unpaired) electrons. The molecule has 0 saturated carbocycles. The van der Waals surface area contributed by atoms with Gasteiger partial charge in [-0.2, -0.15) is 0 Å². The summed E-state index contributed by atoms with van der Waals surface area (Å²) >= 11 is 0. The molecule has 1 heterocycles. The first-order chi connectivity index (χ1) is 5.30. The highest BCUT2D eigenvalue weighted by molar-refractivity contribution is 5.00. The van der Waals surface area contributed by atoms with Crippen LogP contribution in [0.4, 0.5) is 0 Å². The third-order valence-corrected chi connectivity index (χ3v) is 2.96. The van der Waals surface area contributed by atoms with Gasteiger partial charge in [-0.05, 0) is 13.8 Å². The van der Waals surface area contributed by atoms with Crippen molar-refractivity contribution in [1.29, 1.82) is 0 Å². The second-order valence-corrected chi connectivity index (χ2v) is 4.09. The normalized spacial score (nSPS) is 26.1. The molecule has 0 spiro atoms. The second-order valence-electron chi connectivity index (χ2n) is 4.09. The van der Waals surface area contributed by atoms with Crippen molar-refractivity contribution in [2.24, 2.45) is 0 Å².